The smallest absolute Gasteiger partial charge is 0.410 e. The standard InChI is InChI=1S/C27H32ClFN6O2/c1-26(2,3)37-25(36)33-9-10-35(22-7-5-20(28)11-18(22)15-33)24(32-30-4)19-12-27(13-19)16-34(17-27)23-8-6-21(29)14-31-23/h5-8,11,14,19H,4,9-10,12-13,15-17H2,1-3H3/b32-24-. The molecule has 3 aliphatic rings. The van der Waals surface area contributed by atoms with Crippen LogP contribution < -0.4 is 9.80 Å². The van der Waals surface area contributed by atoms with Crippen molar-refractivity contribution >= 4 is 41.8 Å². The van der Waals surface area contributed by atoms with Crippen LogP contribution in [-0.2, 0) is 11.3 Å². The van der Waals surface area contributed by atoms with Gasteiger partial charge in [0.25, 0.3) is 0 Å². The van der Waals surface area contributed by atoms with Crippen molar-refractivity contribution in [3.63, 3.8) is 0 Å². The van der Waals surface area contributed by atoms with Gasteiger partial charge in [0.15, 0.2) is 0 Å². The number of carbonyl (C=O) groups excluding carboxylic acids is 1. The Hall–Kier alpha value is -3.20. The van der Waals surface area contributed by atoms with Gasteiger partial charge in [0.1, 0.15) is 23.1 Å². The second kappa shape index (κ2) is 9.59. The van der Waals surface area contributed by atoms with E-state index in [1.165, 1.54) is 12.3 Å². The molecule has 10 heteroatoms. The van der Waals surface area contributed by atoms with E-state index < -0.39 is 5.60 Å². The maximum absolute atomic E-state index is 13.2. The number of rotatable bonds is 3. The Labute approximate surface area is 221 Å². The van der Waals surface area contributed by atoms with Crippen molar-refractivity contribution in [1.82, 2.24) is 9.88 Å². The van der Waals surface area contributed by atoms with E-state index in [4.69, 9.17) is 16.3 Å². The van der Waals surface area contributed by atoms with E-state index in [0.29, 0.717) is 24.7 Å². The first-order valence-corrected chi connectivity index (χ1v) is 12.9. The fourth-order valence-corrected chi connectivity index (χ4v) is 5.82. The summed E-state index contributed by atoms with van der Waals surface area (Å²) in [4.78, 5) is 23.2. The largest absolute Gasteiger partial charge is 0.444 e. The van der Waals surface area contributed by atoms with Gasteiger partial charge in [-0.25, -0.2) is 14.2 Å². The monoisotopic (exact) mass is 526 g/mol. The number of benzene rings is 1. The van der Waals surface area contributed by atoms with Gasteiger partial charge in [-0.05, 0) is 69.5 Å². The highest BCUT2D eigenvalue weighted by atomic mass is 35.5. The summed E-state index contributed by atoms with van der Waals surface area (Å²) in [5.74, 6) is 1.54. The number of ether oxygens (including phenoxy) is 1. The van der Waals surface area contributed by atoms with Gasteiger partial charge in [-0.2, -0.15) is 5.10 Å². The second-order valence-electron chi connectivity index (χ2n) is 11.2. The minimum absolute atomic E-state index is 0.194. The van der Waals surface area contributed by atoms with Gasteiger partial charge >= 0.3 is 6.09 Å². The van der Waals surface area contributed by atoms with E-state index in [-0.39, 0.29) is 23.2 Å². The van der Waals surface area contributed by atoms with Crippen molar-refractivity contribution in [2.24, 2.45) is 21.5 Å². The van der Waals surface area contributed by atoms with E-state index in [0.717, 1.165) is 48.8 Å². The van der Waals surface area contributed by atoms with Crippen LogP contribution in [0.1, 0.15) is 39.2 Å². The van der Waals surface area contributed by atoms with Crippen LogP contribution in [0.3, 0.4) is 0 Å². The van der Waals surface area contributed by atoms with Crippen molar-refractivity contribution in [3.05, 3.63) is 52.9 Å². The Morgan fingerprint density at radius 2 is 1.97 bits per heavy atom. The topological polar surface area (TPSA) is 73.6 Å². The van der Waals surface area contributed by atoms with Crippen LogP contribution in [0.15, 0.2) is 46.7 Å². The lowest BCUT2D eigenvalue weighted by atomic mass is 9.57. The SMILES string of the molecule is C=N/N=C(/C1CC2(C1)CN(c1ccc(F)cn1)C2)N1CCN(C(=O)OC(C)(C)C)Cc2cc(Cl)ccc21. The second-order valence-corrected chi connectivity index (χ2v) is 11.7. The Kier molecular flexibility index (Phi) is 6.60. The average molecular weight is 527 g/mol. The van der Waals surface area contributed by atoms with Crippen LogP contribution in [0.2, 0.25) is 5.02 Å². The van der Waals surface area contributed by atoms with Gasteiger partial charge < -0.3 is 19.4 Å². The number of aromatic nitrogens is 1. The molecule has 1 saturated carbocycles. The summed E-state index contributed by atoms with van der Waals surface area (Å²) in [6.45, 7) is 12.4. The number of fused-ring (bicyclic) bond motifs is 1. The molecule has 2 aliphatic heterocycles. The summed E-state index contributed by atoms with van der Waals surface area (Å²) in [7, 11) is 0. The maximum Gasteiger partial charge on any atom is 0.410 e. The van der Waals surface area contributed by atoms with Gasteiger partial charge in [-0.3, -0.25) is 0 Å². The zero-order chi connectivity index (χ0) is 26.4. The minimum Gasteiger partial charge on any atom is -0.444 e. The average Bonchev–Trinajstić information content (AvgIpc) is 2.95. The Bertz CT molecular complexity index is 1210. The molecule has 1 spiro atoms. The van der Waals surface area contributed by atoms with E-state index in [1.807, 2.05) is 39.0 Å². The fraction of sp³-hybridized carbons (Fsp3) is 0.481. The summed E-state index contributed by atoms with van der Waals surface area (Å²) < 4.78 is 18.9. The molecule has 0 bridgehead atoms. The van der Waals surface area contributed by atoms with Crippen molar-refractivity contribution in [2.45, 2.75) is 45.8 Å². The first kappa shape index (κ1) is 25.4. The molecule has 196 valence electrons. The highest BCUT2D eigenvalue weighted by molar-refractivity contribution is 6.30. The number of halogens is 2. The zero-order valence-electron chi connectivity index (χ0n) is 21.5. The number of carbonyl (C=O) groups is 1. The van der Waals surface area contributed by atoms with Crippen LogP contribution in [0, 0.1) is 17.2 Å². The van der Waals surface area contributed by atoms with Gasteiger partial charge in [0.05, 0.1) is 12.7 Å². The summed E-state index contributed by atoms with van der Waals surface area (Å²) in [5, 5.41) is 9.01. The molecular formula is C27H32ClFN6O2. The first-order chi connectivity index (χ1) is 17.6. The van der Waals surface area contributed by atoms with Gasteiger partial charge in [-0.1, -0.05) is 11.6 Å². The van der Waals surface area contributed by atoms with Crippen LogP contribution in [0.4, 0.5) is 20.7 Å². The summed E-state index contributed by atoms with van der Waals surface area (Å²) >= 11 is 6.35. The first-order valence-electron chi connectivity index (χ1n) is 12.5. The Morgan fingerprint density at radius 1 is 1.22 bits per heavy atom. The summed E-state index contributed by atoms with van der Waals surface area (Å²) in [5.41, 5.74) is 1.50. The van der Waals surface area contributed by atoms with Crippen LogP contribution in [-0.4, -0.2) is 60.3 Å². The van der Waals surface area contributed by atoms with Crippen molar-refractivity contribution in [1.29, 1.82) is 0 Å². The lowest BCUT2D eigenvalue weighted by Crippen LogP contribution is -2.64. The molecule has 1 saturated heterocycles. The molecule has 1 aliphatic carbocycles. The quantitative estimate of drug-likeness (QED) is 0.306. The predicted octanol–water partition coefficient (Wildman–Crippen LogP) is 5.36. The van der Waals surface area contributed by atoms with Crippen LogP contribution in [0.25, 0.3) is 0 Å². The third-order valence-electron chi connectivity index (χ3n) is 7.20. The fourth-order valence-electron chi connectivity index (χ4n) is 5.63. The number of pyridine rings is 1. The zero-order valence-corrected chi connectivity index (χ0v) is 22.2. The van der Waals surface area contributed by atoms with E-state index in [1.54, 1.807) is 11.0 Å². The van der Waals surface area contributed by atoms with Crippen LogP contribution in [0.5, 0.6) is 0 Å². The van der Waals surface area contributed by atoms with Crippen molar-refractivity contribution < 1.29 is 13.9 Å². The number of nitrogens with zero attached hydrogens (tertiary/aromatic N) is 6. The molecule has 1 aromatic carbocycles. The van der Waals surface area contributed by atoms with Gasteiger partial charge in [0, 0.05) is 54.9 Å². The minimum atomic E-state index is -0.583. The molecule has 5 rings (SSSR count). The summed E-state index contributed by atoms with van der Waals surface area (Å²) in [6.07, 6.45) is 2.84. The molecule has 37 heavy (non-hydrogen) atoms. The summed E-state index contributed by atoms with van der Waals surface area (Å²) in [6, 6.07) is 8.91. The molecular weight excluding hydrogens is 495 g/mol. The van der Waals surface area contributed by atoms with Crippen LogP contribution >= 0.6 is 11.6 Å². The highest BCUT2D eigenvalue weighted by Gasteiger charge is 2.55. The lowest BCUT2D eigenvalue weighted by molar-refractivity contribution is 0.0243. The molecule has 0 N–H and O–H groups in total. The van der Waals surface area contributed by atoms with Gasteiger partial charge in [-0.15, -0.1) is 5.10 Å². The van der Waals surface area contributed by atoms with Crippen molar-refractivity contribution in [3.8, 4) is 0 Å². The molecule has 1 amide bonds. The number of anilines is 2. The number of amides is 1. The molecule has 3 heterocycles. The third-order valence-corrected chi connectivity index (χ3v) is 7.44. The van der Waals surface area contributed by atoms with E-state index in [2.05, 4.69) is 31.7 Å². The predicted molar refractivity (Wildman–Crippen MR) is 144 cm³/mol. The molecule has 2 aromatic rings. The molecule has 0 atom stereocenters. The van der Waals surface area contributed by atoms with E-state index in [9.17, 15) is 9.18 Å². The third kappa shape index (κ3) is 5.28. The molecule has 1 aromatic heterocycles. The number of hydrogen-bond acceptors (Lipinski definition) is 6. The molecule has 8 nitrogen and oxygen atoms in total. The highest BCUT2D eigenvalue weighted by Crippen LogP contribution is 2.53. The molecule has 0 unspecified atom stereocenters. The maximum atomic E-state index is 13.2. The number of amidine groups is 1. The molecule has 0 radical (unpaired) electrons. The Morgan fingerprint density at radius 3 is 2.62 bits per heavy atom. The Balaban J connectivity index is 1.32. The normalized spacial score (nSPS) is 19.6. The van der Waals surface area contributed by atoms with Gasteiger partial charge in [0.2, 0.25) is 0 Å². The van der Waals surface area contributed by atoms with E-state index >= 15 is 0 Å². The van der Waals surface area contributed by atoms with Crippen molar-refractivity contribution in [2.75, 3.05) is 36.0 Å². The number of hydrogen-bond donors (Lipinski definition) is 0. The molecule has 2 fully saturated rings. The lowest BCUT2D eigenvalue weighted by Gasteiger charge is -2.60.